The maximum atomic E-state index is 11.7. The summed E-state index contributed by atoms with van der Waals surface area (Å²) in [4.78, 5) is 5.10. The summed E-state index contributed by atoms with van der Waals surface area (Å²) in [7, 11) is 4.66. The Morgan fingerprint density at radius 1 is 1.42 bits per heavy atom. The van der Waals surface area contributed by atoms with Gasteiger partial charge in [0.1, 0.15) is 6.54 Å². The highest BCUT2D eigenvalue weighted by Crippen LogP contribution is 2.12. The lowest BCUT2D eigenvalue weighted by atomic mass is 10.6. The third-order valence-corrected chi connectivity index (χ3v) is 1.08. The molecule has 6 heteroatoms. The van der Waals surface area contributed by atoms with Gasteiger partial charge in [-0.15, -0.1) is 0 Å². The van der Waals surface area contributed by atoms with Crippen LogP contribution in [-0.2, 0) is 0 Å². The molecule has 0 heterocycles. The zero-order chi connectivity index (χ0) is 9.78. The van der Waals surface area contributed by atoms with Crippen molar-refractivity contribution in [2.75, 3.05) is 27.7 Å². The summed E-state index contributed by atoms with van der Waals surface area (Å²) >= 11 is 0. The zero-order valence-electron chi connectivity index (χ0n) is 7.24. The van der Waals surface area contributed by atoms with Crippen LogP contribution in [0.3, 0.4) is 0 Å². The lowest BCUT2D eigenvalue weighted by Gasteiger charge is -2.17. The highest BCUT2D eigenvalue weighted by atomic mass is 19.4. The average Bonchev–Trinajstić information content (AvgIpc) is 1.85. The molecular weight excluding hydrogens is 171 g/mol. The fraction of sp³-hybridized carbons (Fsp3) is 0.833. The predicted molar refractivity (Wildman–Crippen MR) is 41.1 cm³/mol. The third kappa shape index (κ3) is 4.81. The van der Waals surface area contributed by atoms with Crippen LogP contribution < -0.4 is 5.32 Å². The van der Waals surface area contributed by atoms with Crippen molar-refractivity contribution >= 4 is 5.96 Å². The number of hydrogen-bond donors (Lipinski definition) is 1. The topological polar surface area (TPSA) is 27.6 Å². The maximum Gasteiger partial charge on any atom is 0.405 e. The van der Waals surface area contributed by atoms with E-state index in [1.165, 1.54) is 11.9 Å². The minimum absolute atomic E-state index is 0.215. The number of nitrogens with zero attached hydrogens (tertiary/aromatic N) is 2. The lowest BCUT2D eigenvalue weighted by Crippen LogP contribution is -2.41. The molecule has 0 aliphatic heterocycles. The average molecular weight is 183 g/mol. The minimum Gasteiger partial charge on any atom is -0.349 e. The van der Waals surface area contributed by atoms with Gasteiger partial charge in [0.05, 0.1) is 0 Å². The van der Waals surface area contributed by atoms with Crippen LogP contribution >= 0.6 is 0 Å². The molecule has 0 saturated heterocycles. The van der Waals surface area contributed by atoms with Crippen molar-refractivity contribution in [2.24, 2.45) is 4.99 Å². The van der Waals surface area contributed by atoms with E-state index in [1.807, 2.05) is 0 Å². The lowest BCUT2D eigenvalue weighted by molar-refractivity contribution is -0.122. The fourth-order valence-corrected chi connectivity index (χ4v) is 0.616. The Labute approximate surface area is 69.3 Å². The smallest absolute Gasteiger partial charge is 0.349 e. The first-order valence-electron chi connectivity index (χ1n) is 3.31. The molecule has 0 rings (SSSR count). The van der Waals surface area contributed by atoms with Crippen molar-refractivity contribution in [1.82, 2.24) is 10.2 Å². The predicted octanol–water partition coefficient (Wildman–Crippen LogP) is 0.686. The number of nitrogens with one attached hydrogen (secondary N) is 1. The molecule has 72 valence electrons. The van der Waals surface area contributed by atoms with Gasteiger partial charge >= 0.3 is 6.18 Å². The van der Waals surface area contributed by atoms with E-state index in [-0.39, 0.29) is 5.96 Å². The monoisotopic (exact) mass is 183 g/mol. The molecule has 0 fully saturated rings. The molecule has 0 atom stereocenters. The van der Waals surface area contributed by atoms with Crippen LogP contribution in [0.25, 0.3) is 0 Å². The Balaban J connectivity index is 3.92. The van der Waals surface area contributed by atoms with E-state index >= 15 is 0 Å². The number of halogens is 3. The van der Waals surface area contributed by atoms with Gasteiger partial charge in [0.15, 0.2) is 5.96 Å². The minimum atomic E-state index is -4.20. The molecule has 0 aliphatic rings. The van der Waals surface area contributed by atoms with Gasteiger partial charge in [-0.25, -0.2) is 0 Å². The first-order chi connectivity index (χ1) is 5.37. The Morgan fingerprint density at radius 2 is 1.92 bits per heavy atom. The van der Waals surface area contributed by atoms with Gasteiger partial charge in [0.25, 0.3) is 0 Å². The Kier molecular flexibility index (Phi) is 3.85. The molecule has 0 radical (unpaired) electrons. The largest absolute Gasteiger partial charge is 0.405 e. The van der Waals surface area contributed by atoms with E-state index in [9.17, 15) is 13.2 Å². The van der Waals surface area contributed by atoms with Crippen LogP contribution in [-0.4, -0.2) is 44.7 Å². The van der Waals surface area contributed by atoms with Crippen LogP contribution in [0.15, 0.2) is 4.99 Å². The molecule has 1 N–H and O–H groups in total. The van der Waals surface area contributed by atoms with Crippen LogP contribution in [0, 0.1) is 0 Å². The van der Waals surface area contributed by atoms with Gasteiger partial charge in [0, 0.05) is 21.1 Å². The van der Waals surface area contributed by atoms with E-state index in [0.717, 1.165) is 0 Å². The number of hydrogen-bond acceptors (Lipinski definition) is 1. The SMILES string of the molecule is CN=C(NCC(F)(F)F)N(C)C. The van der Waals surface area contributed by atoms with Crippen LogP contribution in [0.5, 0.6) is 0 Å². The molecule has 0 aromatic carbocycles. The van der Waals surface area contributed by atoms with Crippen LogP contribution in [0.2, 0.25) is 0 Å². The summed E-state index contributed by atoms with van der Waals surface area (Å²) in [5.41, 5.74) is 0. The first-order valence-corrected chi connectivity index (χ1v) is 3.31. The molecule has 0 amide bonds. The van der Waals surface area contributed by atoms with E-state index < -0.39 is 12.7 Å². The molecule has 0 aromatic rings. The molecule has 0 bridgehead atoms. The first kappa shape index (κ1) is 11.1. The van der Waals surface area contributed by atoms with Gasteiger partial charge in [-0.2, -0.15) is 13.2 Å². The molecule has 0 spiro atoms. The second-order valence-corrected chi connectivity index (χ2v) is 2.41. The summed E-state index contributed by atoms with van der Waals surface area (Å²) in [6.07, 6.45) is -4.20. The quantitative estimate of drug-likeness (QED) is 0.478. The van der Waals surface area contributed by atoms with E-state index in [1.54, 1.807) is 14.1 Å². The van der Waals surface area contributed by atoms with Crippen LogP contribution in [0.1, 0.15) is 0 Å². The second kappa shape index (κ2) is 4.18. The fourth-order valence-electron chi connectivity index (χ4n) is 0.616. The van der Waals surface area contributed by atoms with E-state index in [0.29, 0.717) is 0 Å². The van der Waals surface area contributed by atoms with Gasteiger partial charge in [-0.1, -0.05) is 0 Å². The van der Waals surface area contributed by atoms with Gasteiger partial charge in [-0.05, 0) is 0 Å². The number of rotatable bonds is 1. The molecular formula is C6H12F3N3. The van der Waals surface area contributed by atoms with Crippen molar-refractivity contribution in [1.29, 1.82) is 0 Å². The Morgan fingerprint density at radius 3 is 2.17 bits per heavy atom. The van der Waals surface area contributed by atoms with Gasteiger partial charge in [-0.3, -0.25) is 4.99 Å². The summed E-state index contributed by atoms with van der Waals surface area (Å²) in [5, 5.41) is 2.16. The maximum absolute atomic E-state index is 11.7. The number of guanidine groups is 1. The van der Waals surface area contributed by atoms with E-state index in [4.69, 9.17) is 0 Å². The van der Waals surface area contributed by atoms with Crippen molar-refractivity contribution in [3.05, 3.63) is 0 Å². The van der Waals surface area contributed by atoms with Crippen LogP contribution in [0.4, 0.5) is 13.2 Å². The van der Waals surface area contributed by atoms with Crippen molar-refractivity contribution in [2.45, 2.75) is 6.18 Å². The number of alkyl halides is 3. The molecule has 0 unspecified atom stereocenters. The molecule has 0 aliphatic carbocycles. The second-order valence-electron chi connectivity index (χ2n) is 2.41. The third-order valence-electron chi connectivity index (χ3n) is 1.08. The molecule has 12 heavy (non-hydrogen) atoms. The summed E-state index contributed by atoms with van der Waals surface area (Å²) in [6.45, 7) is -1.06. The van der Waals surface area contributed by atoms with Gasteiger partial charge in [0.2, 0.25) is 0 Å². The summed E-state index contributed by atoms with van der Waals surface area (Å²) in [6, 6.07) is 0. The van der Waals surface area contributed by atoms with E-state index in [2.05, 4.69) is 10.3 Å². The standard InChI is InChI=1S/C6H12F3N3/c1-10-5(12(2)3)11-4-6(7,8)9/h4H2,1-3H3,(H,10,11). The highest BCUT2D eigenvalue weighted by molar-refractivity contribution is 5.79. The van der Waals surface area contributed by atoms with Crippen molar-refractivity contribution in [3.63, 3.8) is 0 Å². The van der Waals surface area contributed by atoms with Crippen molar-refractivity contribution in [3.8, 4) is 0 Å². The molecule has 0 aromatic heterocycles. The highest BCUT2D eigenvalue weighted by Gasteiger charge is 2.27. The Hall–Kier alpha value is -0.940. The van der Waals surface area contributed by atoms with Gasteiger partial charge < -0.3 is 10.2 Å². The summed E-state index contributed by atoms with van der Waals surface area (Å²) < 4.78 is 35.0. The zero-order valence-corrected chi connectivity index (χ0v) is 7.24. The molecule has 3 nitrogen and oxygen atoms in total. The molecule has 0 saturated carbocycles. The summed E-state index contributed by atoms with van der Waals surface area (Å²) in [5.74, 6) is 0.215. The van der Waals surface area contributed by atoms with Crippen molar-refractivity contribution < 1.29 is 13.2 Å². The Bertz CT molecular complexity index is 162. The number of aliphatic imine (C=N–C) groups is 1. The normalized spacial score (nSPS) is 13.0.